The van der Waals surface area contributed by atoms with Crippen LogP contribution in [-0.4, -0.2) is 98.2 Å². The lowest BCUT2D eigenvalue weighted by Gasteiger charge is -2.34. The number of pyridine rings is 3. The van der Waals surface area contributed by atoms with Gasteiger partial charge in [0.15, 0.2) is 22.5 Å². The zero-order valence-corrected chi connectivity index (χ0v) is 28.5. The topological polar surface area (TPSA) is 122 Å². The third-order valence-electron chi connectivity index (χ3n) is 10.1. The van der Waals surface area contributed by atoms with Crippen LogP contribution in [0.1, 0.15) is 25.8 Å². The molecule has 6 aromatic rings. The van der Waals surface area contributed by atoms with Crippen molar-refractivity contribution in [1.29, 1.82) is 0 Å². The summed E-state index contributed by atoms with van der Waals surface area (Å²) in [5.74, 6) is -0.542. The number of aryl methyl sites for hydroxylation is 1. The van der Waals surface area contributed by atoms with E-state index in [4.69, 9.17) is 5.10 Å². The van der Waals surface area contributed by atoms with E-state index >= 15 is 8.78 Å². The molecular weight excluding hydrogens is 665 g/mol. The number of anilines is 2. The van der Waals surface area contributed by atoms with E-state index < -0.39 is 17.1 Å². The molecule has 9 rings (SSSR count). The number of aromatic nitrogens is 7. The van der Waals surface area contributed by atoms with Crippen LogP contribution in [0.3, 0.4) is 0 Å². The number of likely N-dealkylation sites (N-methyl/N-ethyl adjacent to an activating group) is 1. The number of piperazine rings is 2. The molecule has 2 aliphatic heterocycles. The molecule has 3 aliphatic rings. The maximum Gasteiger partial charge on any atom is 0.235 e. The molecule has 50 heavy (non-hydrogen) atoms. The molecule has 0 radical (unpaired) electrons. The van der Waals surface area contributed by atoms with Gasteiger partial charge in [0.05, 0.1) is 27.7 Å². The first-order valence-corrected chi connectivity index (χ1v) is 17.8. The van der Waals surface area contributed by atoms with E-state index in [2.05, 4.69) is 37.0 Å². The van der Waals surface area contributed by atoms with Crippen molar-refractivity contribution in [3.05, 3.63) is 62.7 Å². The monoisotopic (exact) mass is 699 g/mol. The van der Waals surface area contributed by atoms with Crippen LogP contribution in [0, 0.1) is 11.6 Å². The quantitative estimate of drug-likeness (QED) is 0.277. The summed E-state index contributed by atoms with van der Waals surface area (Å²) in [7, 11) is 2.05. The van der Waals surface area contributed by atoms with Crippen LogP contribution < -0.4 is 26.0 Å². The highest BCUT2D eigenvalue weighted by atomic mass is 32.1. The molecule has 3 fully saturated rings. The molecule has 2 saturated heterocycles. The van der Waals surface area contributed by atoms with Crippen LogP contribution in [-0.2, 0) is 6.54 Å². The first-order valence-electron chi connectivity index (χ1n) is 17.0. The van der Waals surface area contributed by atoms with Gasteiger partial charge in [0.2, 0.25) is 15.8 Å². The van der Waals surface area contributed by atoms with Crippen LogP contribution in [0.25, 0.3) is 48.9 Å². The number of hydrogen-bond acceptors (Lipinski definition) is 11. The Hall–Kier alpha value is -4.80. The minimum Gasteiger partial charge on any atom is -0.367 e. The number of hydrogen-bond donors (Lipinski definition) is 1. The Morgan fingerprint density at radius 2 is 1.62 bits per heavy atom. The molecule has 258 valence electrons. The fourth-order valence-corrected chi connectivity index (χ4v) is 7.97. The molecule has 5 aromatic heterocycles. The summed E-state index contributed by atoms with van der Waals surface area (Å²) < 4.78 is 36.5. The average Bonchev–Trinajstić information content (AvgIpc) is 3.77. The van der Waals surface area contributed by atoms with Gasteiger partial charge >= 0.3 is 0 Å². The van der Waals surface area contributed by atoms with Crippen LogP contribution >= 0.6 is 11.3 Å². The van der Waals surface area contributed by atoms with Gasteiger partial charge in [-0.3, -0.25) is 9.59 Å². The van der Waals surface area contributed by atoms with E-state index in [1.165, 1.54) is 16.6 Å². The van der Waals surface area contributed by atoms with Crippen molar-refractivity contribution in [2.75, 3.05) is 69.2 Å². The molecule has 0 spiro atoms. The van der Waals surface area contributed by atoms with Gasteiger partial charge in [-0.1, -0.05) is 11.3 Å². The summed E-state index contributed by atoms with van der Waals surface area (Å²) in [6.07, 6.45) is 5.38. The highest BCUT2D eigenvalue weighted by Gasteiger charge is 2.29. The fourth-order valence-electron chi connectivity index (χ4n) is 7.12. The SMILES string of the molecule is CCn1cc(-c2nn3c(-c4cn(C5CC5)c5cc(N6CCN(C)CC6)c(F)cc5c4=O)nnc3s2)c(=O)c2cc(F)c(N3CCNCC3)nc21. The standard InChI is InChI=1S/C34H35F2N11O2S/c1-3-43-17-23(29(49)21-15-25(36)32(38-30(21)43)45-8-6-37-7-9-45)33-41-47-31(39-40-34(47)50-33)22-18-46(19-4-5-19)26-16-27(24(35)14-20(26)28(22)48)44-12-10-42(2)11-13-44/h14-19,37H,3-13H2,1-2H3. The smallest absolute Gasteiger partial charge is 0.235 e. The lowest BCUT2D eigenvalue weighted by atomic mass is 10.1. The van der Waals surface area contributed by atoms with Crippen LogP contribution in [0.15, 0.2) is 40.2 Å². The summed E-state index contributed by atoms with van der Waals surface area (Å²) in [6, 6.07) is 4.61. The van der Waals surface area contributed by atoms with Crippen LogP contribution in [0.4, 0.5) is 20.3 Å². The zero-order chi connectivity index (χ0) is 34.3. The number of fused-ring (bicyclic) bond motifs is 3. The van der Waals surface area contributed by atoms with Gasteiger partial charge < -0.3 is 29.2 Å². The maximum absolute atomic E-state index is 15.7. The molecule has 1 saturated carbocycles. The molecule has 1 N–H and O–H groups in total. The first kappa shape index (κ1) is 31.2. The summed E-state index contributed by atoms with van der Waals surface area (Å²) >= 11 is 1.15. The predicted molar refractivity (Wildman–Crippen MR) is 190 cm³/mol. The summed E-state index contributed by atoms with van der Waals surface area (Å²) in [6.45, 7) is 8.20. The van der Waals surface area contributed by atoms with Gasteiger partial charge in [-0.15, -0.1) is 10.2 Å². The van der Waals surface area contributed by atoms with Crippen molar-refractivity contribution in [2.24, 2.45) is 0 Å². The van der Waals surface area contributed by atoms with Crippen molar-refractivity contribution in [3.8, 4) is 22.0 Å². The predicted octanol–water partition coefficient (Wildman–Crippen LogP) is 3.34. The Morgan fingerprint density at radius 3 is 2.36 bits per heavy atom. The molecule has 1 aromatic carbocycles. The van der Waals surface area contributed by atoms with Crippen LogP contribution in [0.5, 0.6) is 0 Å². The van der Waals surface area contributed by atoms with Crippen molar-refractivity contribution in [1.82, 2.24) is 44.1 Å². The highest BCUT2D eigenvalue weighted by Crippen LogP contribution is 2.39. The Kier molecular flexibility index (Phi) is 7.44. The number of nitrogens with zero attached hydrogens (tertiary/aromatic N) is 10. The maximum atomic E-state index is 15.7. The van der Waals surface area contributed by atoms with Gasteiger partial charge in [-0.05, 0) is 45.0 Å². The number of nitrogens with one attached hydrogen (secondary N) is 1. The molecule has 0 unspecified atom stereocenters. The Morgan fingerprint density at radius 1 is 0.880 bits per heavy atom. The van der Waals surface area contributed by atoms with Gasteiger partial charge in [-0.2, -0.15) is 9.61 Å². The largest absolute Gasteiger partial charge is 0.367 e. The van der Waals surface area contributed by atoms with E-state index in [9.17, 15) is 9.59 Å². The van der Waals surface area contributed by atoms with E-state index in [0.29, 0.717) is 59.5 Å². The van der Waals surface area contributed by atoms with Crippen LogP contribution in [0.2, 0.25) is 0 Å². The minimum absolute atomic E-state index is 0.159. The van der Waals surface area contributed by atoms with Gasteiger partial charge in [0.25, 0.3) is 0 Å². The number of benzene rings is 1. The van der Waals surface area contributed by atoms with E-state index in [0.717, 1.165) is 50.4 Å². The number of halogens is 2. The lowest BCUT2D eigenvalue weighted by Crippen LogP contribution is -2.44. The van der Waals surface area contributed by atoms with Gasteiger partial charge in [-0.25, -0.2) is 13.8 Å². The third kappa shape index (κ3) is 5.07. The Bertz CT molecular complexity index is 2440. The molecule has 0 amide bonds. The third-order valence-corrected chi connectivity index (χ3v) is 11.0. The van der Waals surface area contributed by atoms with Gasteiger partial charge in [0, 0.05) is 82.7 Å². The van der Waals surface area contributed by atoms with E-state index in [-0.39, 0.29) is 45.0 Å². The summed E-state index contributed by atoms with van der Waals surface area (Å²) in [4.78, 5) is 39.1. The highest BCUT2D eigenvalue weighted by molar-refractivity contribution is 7.19. The Balaban J connectivity index is 1.15. The van der Waals surface area contributed by atoms with Crippen molar-refractivity contribution < 1.29 is 8.78 Å². The fraction of sp³-hybridized carbons (Fsp3) is 0.412. The molecule has 13 nitrogen and oxygen atoms in total. The molecular formula is C34H35F2N11O2S. The molecule has 16 heteroatoms. The second kappa shape index (κ2) is 11.9. The first-order chi connectivity index (χ1) is 24.3. The Labute approximate surface area is 288 Å². The molecule has 7 heterocycles. The second-order valence-corrected chi connectivity index (χ2v) is 14.3. The normalized spacial score (nSPS) is 17.5. The summed E-state index contributed by atoms with van der Waals surface area (Å²) in [5.41, 5.74) is 1.34. The minimum atomic E-state index is -0.549. The molecule has 0 atom stereocenters. The van der Waals surface area contributed by atoms with Crippen molar-refractivity contribution in [3.63, 3.8) is 0 Å². The van der Waals surface area contributed by atoms with Crippen molar-refractivity contribution >= 4 is 49.7 Å². The zero-order valence-electron chi connectivity index (χ0n) is 27.7. The van der Waals surface area contributed by atoms with E-state index in [1.54, 1.807) is 12.4 Å². The van der Waals surface area contributed by atoms with Crippen molar-refractivity contribution in [2.45, 2.75) is 32.4 Å². The summed E-state index contributed by atoms with van der Waals surface area (Å²) in [5, 5.41) is 17.4. The number of rotatable bonds is 6. The average molecular weight is 700 g/mol. The van der Waals surface area contributed by atoms with E-state index in [1.807, 2.05) is 27.4 Å². The molecule has 0 bridgehead atoms. The second-order valence-electron chi connectivity index (χ2n) is 13.3. The lowest BCUT2D eigenvalue weighted by molar-refractivity contribution is 0.312. The van der Waals surface area contributed by atoms with Gasteiger partial charge in [0.1, 0.15) is 11.5 Å². The molecule has 1 aliphatic carbocycles.